The summed E-state index contributed by atoms with van der Waals surface area (Å²) < 4.78 is 9.82. The second kappa shape index (κ2) is 5.19. The standard InChI is InChI=1S/C9H17NO3/c1-12-9(11)6-13-8-4-2-3-7(10)5-8/h7-8H,2-6,10H2,1H3. The van der Waals surface area contributed by atoms with Crippen molar-refractivity contribution in [2.24, 2.45) is 5.73 Å². The maximum atomic E-state index is 10.8. The van der Waals surface area contributed by atoms with Crippen LogP contribution in [-0.2, 0) is 14.3 Å². The van der Waals surface area contributed by atoms with Crippen molar-refractivity contribution in [3.63, 3.8) is 0 Å². The van der Waals surface area contributed by atoms with Crippen LogP contribution in [0.25, 0.3) is 0 Å². The van der Waals surface area contributed by atoms with Gasteiger partial charge in [0.1, 0.15) is 6.61 Å². The molecule has 0 bridgehead atoms. The minimum atomic E-state index is -0.320. The Hall–Kier alpha value is -0.610. The van der Waals surface area contributed by atoms with Crippen molar-refractivity contribution in [2.75, 3.05) is 13.7 Å². The number of hydrogen-bond donors (Lipinski definition) is 1. The van der Waals surface area contributed by atoms with Crippen molar-refractivity contribution >= 4 is 5.97 Å². The summed E-state index contributed by atoms with van der Waals surface area (Å²) in [5.74, 6) is -0.320. The normalized spacial score (nSPS) is 28.5. The summed E-state index contributed by atoms with van der Waals surface area (Å²) in [7, 11) is 1.36. The van der Waals surface area contributed by atoms with E-state index in [0.29, 0.717) is 0 Å². The summed E-state index contributed by atoms with van der Waals surface area (Å²) in [6.07, 6.45) is 4.16. The molecule has 76 valence electrons. The van der Waals surface area contributed by atoms with Crippen molar-refractivity contribution in [3.05, 3.63) is 0 Å². The van der Waals surface area contributed by atoms with Crippen LogP contribution in [0.5, 0.6) is 0 Å². The topological polar surface area (TPSA) is 61.5 Å². The summed E-state index contributed by atoms with van der Waals surface area (Å²) >= 11 is 0. The molecule has 1 aliphatic carbocycles. The second-order valence-corrected chi connectivity index (χ2v) is 3.44. The molecule has 0 radical (unpaired) electrons. The van der Waals surface area contributed by atoms with Crippen LogP contribution in [-0.4, -0.2) is 31.8 Å². The first-order valence-corrected chi connectivity index (χ1v) is 4.66. The summed E-state index contributed by atoms with van der Waals surface area (Å²) in [6, 6.07) is 0.233. The Morgan fingerprint density at radius 1 is 1.54 bits per heavy atom. The predicted octanol–water partition coefficient (Wildman–Crippen LogP) is 0.446. The monoisotopic (exact) mass is 187 g/mol. The highest BCUT2D eigenvalue weighted by atomic mass is 16.6. The average molecular weight is 187 g/mol. The lowest BCUT2D eigenvalue weighted by Gasteiger charge is -2.26. The predicted molar refractivity (Wildman–Crippen MR) is 48.2 cm³/mol. The lowest BCUT2D eigenvalue weighted by atomic mass is 9.94. The summed E-state index contributed by atoms with van der Waals surface area (Å²) in [6.45, 7) is 0.0495. The molecule has 1 saturated carbocycles. The number of esters is 1. The molecule has 1 fully saturated rings. The van der Waals surface area contributed by atoms with E-state index in [4.69, 9.17) is 10.5 Å². The van der Waals surface area contributed by atoms with Gasteiger partial charge in [0, 0.05) is 6.04 Å². The van der Waals surface area contributed by atoms with Gasteiger partial charge >= 0.3 is 5.97 Å². The Balaban J connectivity index is 2.17. The van der Waals surface area contributed by atoms with Crippen LogP contribution in [0.3, 0.4) is 0 Å². The molecule has 1 aliphatic rings. The van der Waals surface area contributed by atoms with Crippen LogP contribution in [0.4, 0.5) is 0 Å². The zero-order valence-electron chi connectivity index (χ0n) is 7.99. The van der Waals surface area contributed by atoms with Gasteiger partial charge in [-0.2, -0.15) is 0 Å². The third-order valence-corrected chi connectivity index (χ3v) is 2.33. The zero-order chi connectivity index (χ0) is 9.68. The lowest BCUT2D eigenvalue weighted by molar-refractivity contribution is -0.148. The Bertz CT molecular complexity index is 172. The van der Waals surface area contributed by atoms with Crippen molar-refractivity contribution in [1.29, 1.82) is 0 Å². The number of nitrogens with two attached hydrogens (primary N) is 1. The summed E-state index contributed by atoms with van der Waals surface area (Å²) in [4.78, 5) is 10.8. The number of hydrogen-bond acceptors (Lipinski definition) is 4. The molecule has 0 aromatic carbocycles. The van der Waals surface area contributed by atoms with Gasteiger partial charge in [-0.25, -0.2) is 4.79 Å². The number of carbonyl (C=O) groups excluding carboxylic acids is 1. The maximum Gasteiger partial charge on any atom is 0.331 e. The van der Waals surface area contributed by atoms with Crippen molar-refractivity contribution in [3.8, 4) is 0 Å². The lowest BCUT2D eigenvalue weighted by Crippen LogP contribution is -2.33. The number of ether oxygens (including phenoxy) is 2. The molecule has 0 spiro atoms. The summed E-state index contributed by atoms with van der Waals surface area (Å²) in [5.41, 5.74) is 5.77. The van der Waals surface area contributed by atoms with Gasteiger partial charge in [-0.1, -0.05) is 0 Å². The molecule has 2 N–H and O–H groups in total. The maximum absolute atomic E-state index is 10.8. The molecule has 0 amide bonds. The fraction of sp³-hybridized carbons (Fsp3) is 0.889. The van der Waals surface area contributed by atoms with Gasteiger partial charge in [0.15, 0.2) is 0 Å². The molecule has 13 heavy (non-hydrogen) atoms. The van der Waals surface area contributed by atoms with Crippen LogP contribution in [0.15, 0.2) is 0 Å². The molecule has 4 nitrogen and oxygen atoms in total. The molecular weight excluding hydrogens is 170 g/mol. The molecule has 1 rings (SSSR count). The van der Waals surface area contributed by atoms with Crippen molar-refractivity contribution < 1.29 is 14.3 Å². The van der Waals surface area contributed by atoms with Gasteiger partial charge < -0.3 is 15.2 Å². The first-order valence-electron chi connectivity index (χ1n) is 4.66. The third-order valence-electron chi connectivity index (χ3n) is 2.33. The molecule has 0 saturated heterocycles. The molecular formula is C9H17NO3. The Labute approximate surface area is 78.4 Å². The van der Waals surface area contributed by atoms with Gasteiger partial charge in [0.25, 0.3) is 0 Å². The van der Waals surface area contributed by atoms with E-state index in [2.05, 4.69) is 4.74 Å². The largest absolute Gasteiger partial charge is 0.467 e. The SMILES string of the molecule is COC(=O)COC1CCCC(N)C1. The highest BCUT2D eigenvalue weighted by Crippen LogP contribution is 2.19. The van der Waals surface area contributed by atoms with E-state index in [1.54, 1.807) is 0 Å². The van der Waals surface area contributed by atoms with E-state index in [-0.39, 0.29) is 24.7 Å². The minimum Gasteiger partial charge on any atom is -0.467 e. The fourth-order valence-electron chi connectivity index (χ4n) is 1.58. The van der Waals surface area contributed by atoms with Crippen LogP contribution < -0.4 is 5.73 Å². The molecule has 0 aromatic heterocycles. The van der Waals surface area contributed by atoms with Crippen molar-refractivity contribution in [1.82, 2.24) is 0 Å². The number of rotatable bonds is 3. The number of methoxy groups -OCH3 is 1. The first kappa shape index (κ1) is 10.5. The van der Waals surface area contributed by atoms with Gasteiger partial charge in [-0.15, -0.1) is 0 Å². The highest BCUT2D eigenvalue weighted by Gasteiger charge is 2.20. The van der Waals surface area contributed by atoms with E-state index in [9.17, 15) is 4.79 Å². The molecule has 0 heterocycles. The smallest absolute Gasteiger partial charge is 0.331 e. The Morgan fingerprint density at radius 3 is 2.92 bits per heavy atom. The second-order valence-electron chi connectivity index (χ2n) is 3.44. The van der Waals surface area contributed by atoms with E-state index >= 15 is 0 Å². The van der Waals surface area contributed by atoms with Crippen LogP contribution in [0, 0.1) is 0 Å². The quantitative estimate of drug-likeness (QED) is 0.651. The van der Waals surface area contributed by atoms with Gasteiger partial charge in [-0.05, 0) is 25.7 Å². The fourth-order valence-corrected chi connectivity index (χ4v) is 1.58. The Kier molecular flexibility index (Phi) is 4.18. The van der Waals surface area contributed by atoms with Crippen LogP contribution in [0.2, 0.25) is 0 Å². The minimum absolute atomic E-state index is 0.0495. The first-order chi connectivity index (χ1) is 6.22. The Morgan fingerprint density at radius 2 is 2.31 bits per heavy atom. The molecule has 2 unspecified atom stereocenters. The zero-order valence-corrected chi connectivity index (χ0v) is 7.99. The van der Waals surface area contributed by atoms with E-state index in [0.717, 1.165) is 25.7 Å². The van der Waals surface area contributed by atoms with Crippen LogP contribution in [0.1, 0.15) is 25.7 Å². The summed E-state index contributed by atoms with van der Waals surface area (Å²) in [5, 5.41) is 0. The molecule has 4 heteroatoms. The average Bonchev–Trinajstić information content (AvgIpc) is 2.14. The van der Waals surface area contributed by atoms with Gasteiger partial charge in [-0.3, -0.25) is 0 Å². The molecule has 0 aliphatic heterocycles. The van der Waals surface area contributed by atoms with Gasteiger partial charge in [0.2, 0.25) is 0 Å². The third kappa shape index (κ3) is 3.74. The van der Waals surface area contributed by atoms with E-state index in [1.807, 2.05) is 0 Å². The van der Waals surface area contributed by atoms with Crippen molar-refractivity contribution in [2.45, 2.75) is 37.8 Å². The molecule has 2 atom stereocenters. The highest BCUT2D eigenvalue weighted by molar-refractivity contribution is 5.70. The van der Waals surface area contributed by atoms with Crippen LogP contribution >= 0.6 is 0 Å². The van der Waals surface area contributed by atoms with Gasteiger partial charge in [0.05, 0.1) is 13.2 Å². The van der Waals surface area contributed by atoms with E-state index < -0.39 is 0 Å². The molecule has 0 aromatic rings. The van der Waals surface area contributed by atoms with E-state index in [1.165, 1.54) is 7.11 Å². The number of carbonyl (C=O) groups is 1.